The monoisotopic (exact) mass is 420 g/mol. The molecule has 4 aromatic rings. The van der Waals surface area contributed by atoms with Crippen LogP contribution in [0, 0.1) is 25.5 Å². The van der Waals surface area contributed by atoms with Crippen molar-refractivity contribution in [2.75, 3.05) is 5.32 Å². The summed E-state index contributed by atoms with van der Waals surface area (Å²) in [6.45, 7) is 3.88. The Morgan fingerprint density at radius 2 is 1.94 bits per heavy atom. The molecule has 0 fully saturated rings. The molecule has 0 unspecified atom stereocenters. The number of nitrogens with one attached hydrogen (secondary N) is 1. The van der Waals surface area contributed by atoms with Crippen LogP contribution in [0.3, 0.4) is 0 Å². The molecule has 0 aliphatic carbocycles. The summed E-state index contributed by atoms with van der Waals surface area (Å²) in [5.74, 6) is -1.83. The Bertz CT molecular complexity index is 1260. The van der Waals surface area contributed by atoms with Crippen molar-refractivity contribution in [1.82, 2.24) is 15.1 Å². The lowest BCUT2D eigenvalue weighted by Crippen LogP contribution is -2.15. The van der Waals surface area contributed by atoms with Gasteiger partial charge in [-0.3, -0.25) is 10.1 Å². The van der Waals surface area contributed by atoms with Crippen molar-refractivity contribution in [2.24, 2.45) is 0 Å². The minimum Gasteiger partial charge on any atom is -0.337 e. The third-order valence-corrected chi connectivity index (χ3v) is 4.83. The summed E-state index contributed by atoms with van der Waals surface area (Å²) in [6.07, 6.45) is 2.94. The van der Waals surface area contributed by atoms with Gasteiger partial charge in [0.25, 0.3) is 0 Å². The molecule has 0 bridgehead atoms. The average molecular weight is 420 g/mol. The molecule has 31 heavy (non-hydrogen) atoms. The van der Waals surface area contributed by atoms with Crippen LogP contribution >= 0.6 is 0 Å². The summed E-state index contributed by atoms with van der Waals surface area (Å²) in [5, 5.41) is 6.63. The second-order valence-electron chi connectivity index (χ2n) is 7.11. The van der Waals surface area contributed by atoms with Crippen LogP contribution in [-0.2, 0) is 11.2 Å². The molecule has 2 heterocycles. The number of nitrogens with zero attached hydrogens (tertiary/aromatic N) is 3. The SMILES string of the molecule is Cc1ccc(C)c(CC(=O)Nc2onc(-c3ccc(F)cc3F)c2-c2ccncn2)c1. The molecule has 0 atom stereocenters. The van der Waals surface area contributed by atoms with E-state index in [4.69, 9.17) is 4.52 Å². The Hall–Kier alpha value is -3.94. The molecule has 0 saturated carbocycles. The van der Waals surface area contributed by atoms with E-state index in [1.54, 1.807) is 6.07 Å². The molecule has 0 saturated heterocycles. The van der Waals surface area contributed by atoms with Gasteiger partial charge >= 0.3 is 0 Å². The fourth-order valence-electron chi connectivity index (χ4n) is 3.25. The minimum atomic E-state index is -0.808. The number of anilines is 1. The molecule has 2 aromatic heterocycles. The number of aryl methyl sites for hydroxylation is 2. The predicted octanol–water partition coefficient (Wildman–Crippen LogP) is 4.87. The molecule has 0 aliphatic rings. The summed E-state index contributed by atoms with van der Waals surface area (Å²) >= 11 is 0. The average Bonchev–Trinajstić information content (AvgIpc) is 3.14. The summed E-state index contributed by atoms with van der Waals surface area (Å²) in [4.78, 5) is 20.8. The highest BCUT2D eigenvalue weighted by Gasteiger charge is 2.24. The molecule has 6 nitrogen and oxygen atoms in total. The zero-order valence-electron chi connectivity index (χ0n) is 16.8. The molecule has 156 valence electrons. The Morgan fingerprint density at radius 1 is 1.10 bits per heavy atom. The smallest absolute Gasteiger partial charge is 0.241 e. The van der Waals surface area contributed by atoms with Crippen molar-refractivity contribution in [2.45, 2.75) is 20.3 Å². The van der Waals surface area contributed by atoms with Crippen LogP contribution in [0.2, 0.25) is 0 Å². The molecule has 2 aromatic carbocycles. The van der Waals surface area contributed by atoms with Gasteiger partial charge in [-0.15, -0.1) is 0 Å². The molecule has 4 rings (SSSR count). The van der Waals surface area contributed by atoms with Crippen molar-refractivity contribution in [1.29, 1.82) is 0 Å². The summed E-state index contributed by atoms with van der Waals surface area (Å²) < 4.78 is 33.2. The van der Waals surface area contributed by atoms with E-state index < -0.39 is 11.6 Å². The van der Waals surface area contributed by atoms with E-state index in [0.717, 1.165) is 28.8 Å². The predicted molar refractivity (Wildman–Crippen MR) is 111 cm³/mol. The van der Waals surface area contributed by atoms with Crippen LogP contribution < -0.4 is 5.32 Å². The van der Waals surface area contributed by atoms with Gasteiger partial charge in [0.1, 0.15) is 23.7 Å². The van der Waals surface area contributed by atoms with Gasteiger partial charge in [-0.25, -0.2) is 18.7 Å². The number of hydrogen-bond acceptors (Lipinski definition) is 5. The molecule has 0 aliphatic heterocycles. The Balaban J connectivity index is 1.72. The van der Waals surface area contributed by atoms with Gasteiger partial charge in [0, 0.05) is 17.8 Å². The maximum absolute atomic E-state index is 14.4. The summed E-state index contributed by atoms with van der Waals surface area (Å²) in [6, 6.07) is 10.6. The number of aromatic nitrogens is 3. The highest BCUT2D eigenvalue weighted by Crippen LogP contribution is 2.37. The number of carbonyl (C=O) groups excluding carboxylic acids is 1. The maximum atomic E-state index is 14.4. The minimum absolute atomic E-state index is 0.0210. The van der Waals surface area contributed by atoms with E-state index in [0.29, 0.717) is 5.69 Å². The van der Waals surface area contributed by atoms with Gasteiger partial charge in [-0.1, -0.05) is 28.9 Å². The lowest BCUT2D eigenvalue weighted by molar-refractivity contribution is -0.115. The maximum Gasteiger partial charge on any atom is 0.241 e. The molecule has 1 N–H and O–H groups in total. The van der Waals surface area contributed by atoms with Crippen LogP contribution in [0.15, 0.2) is 59.5 Å². The Kier molecular flexibility index (Phi) is 5.53. The fraction of sp³-hybridized carbons (Fsp3) is 0.130. The molecule has 0 radical (unpaired) electrons. The first-order valence-electron chi connectivity index (χ1n) is 9.50. The van der Waals surface area contributed by atoms with E-state index in [1.807, 2.05) is 32.0 Å². The van der Waals surface area contributed by atoms with Gasteiger partial charge in [0.2, 0.25) is 11.8 Å². The zero-order valence-corrected chi connectivity index (χ0v) is 16.8. The van der Waals surface area contributed by atoms with E-state index in [9.17, 15) is 13.6 Å². The van der Waals surface area contributed by atoms with Crippen molar-refractivity contribution in [3.05, 3.63) is 83.3 Å². The summed E-state index contributed by atoms with van der Waals surface area (Å²) in [7, 11) is 0. The lowest BCUT2D eigenvalue weighted by Gasteiger charge is -2.08. The normalized spacial score (nSPS) is 10.8. The number of hydrogen-bond donors (Lipinski definition) is 1. The molecular formula is C23H18F2N4O2. The topological polar surface area (TPSA) is 80.9 Å². The first-order chi connectivity index (χ1) is 14.9. The van der Waals surface area contributed by atoms with E-state index in [1.165, 1.54) is 18.6 Å². The van der Waals surface area contributed by atoms with Crippen molar-refractivity contribution < 1.29 is 18.1 Å². The molecule has 1 amide bonds. The highest BCUT2D eigenvalue weighted by molar-refractivity contribution is 5.97. The van der Waals surface area contributed by atoms with Crippen molar-refractivity contribution in [3.63, 3.8) is 0 Å². The van der Waals surface area contributed by atoms with Crippen molar-refractivity contribution >= 4 is 11.8 Å². The van der Waals surface area contributed by atoms with Crippen LogP contribution in [0.5, 0.6) is 0 Å². The third-order valence-electron chi connectivity index (χ3n) is 4.83. The van der Waals surface area contributed by atoms with Crippen LogP contribution in [0.25, 0.3) is 22.5 Å². The fourth-order valence-corrected chi connectivity index (χ4v) is 3.25. The first kappa shape index (κ1) is 20.3. The Labute approximate surface area is 177 Å². The van der Waals surface area contributed by atoms with Crippen molar-refractivity contribution in [3.8, 4) is 22.5 Å². The van der Waals surface area contributed by atoms with E-state index >= 15 is 0 Å². The second-order valence-corrected chi connectivity index (χ2v) is 7.11. The van der Waals surface area contributed by atoms with E-state index in [-0.39, 0.29) is 35.0 Å². The quantitative estimate of drug-likeness (QED) is 0.498. The van der Waals surface area contributed by atoms with Gasteiger partial charge in [-0.2, -0.15) is 0 Å². The lowest BCUT2D eigenvalue weighted by atomic mass is 10.0. The van der Waals surface area contributed by atoms with Crippen LogP contribution in [-0.4, -0.2) is 21.0 Å². The number of amides is 1. The zero-order chi connectivity index (χ0) is 22.0. The highest BCUT2D eigenvalue weighted by atomic mass is 19.1. The first-order valence-corrected chi connectivity index (χ1v) is 9.50. The van der Waals surface area contributed by atoms with Gasteiger partial charge < -0.3 is 4.52 Å². The number of halogens is 2. The Morgan fingerprint density at radius 3 is 2.68 bits per heavy atom. The second kappa shape index (κ2) is 8.43. The third kappa shape index (κ3) is 4.32. The molecule has 8 heteroatoms. The van der Waals surface area contributed by atoms with E-state index in [2.05, 4.69) is 20.4 Å². The number of rotatable bonds is 5. The van der Waals surface area contributed by atoms with Gasteiger partial charge in [0.05, 0.1) is 17.7 Å². The van der Waals surface area contributed by atoms with Crippen LogP contribution in [0.4, 0.5) is 14.7 Å². The summed E-state index contributed by atoms with van der Waals surface area (Å²) in [5.41, 5.74) is 3.68. The number of carbonyl (C=O) groups is 1. The standard InChI is InChI=1S/C23H18F2N4O2/c1-13-3-4-14(2)15(9-13)10-20(30)28-23-21(19-7-8-26-12-27-19)22(29-31-23)17-6-5-16(24)11-18(17)25/h3-9,11-12H,10H2,1-2H3,(H,28,30). The van der Waals surface area contributed by atoms with Gasteiger partial charge in [0.15, 0.2) is 0 Å². The largest absolute Gasteiger partial charge is 0.337 e. The molecule has 0 spiro atoms. The van der Waals surface area contributed by atoms with Crippen LogP contribution in [0.1, 0.15) is 16.7 Å². The molecular weight excluding hydrogens is 402 g/mol. The number of benzene rings is 2. The van der Waals surface area contributed by atoms with Gasteiger partial charge in [-0.05, 0) is 43.2 Å².